The fourth-order valence-corrected chi connectivity index (χ4v) is 4.38. The highest BCUT2D eigenvalue weighted by molar-refractivity contribution is 7.10. The van der Waals surface area contributed by atoms with Crippen LogP contribution in [-0.4, -0.2) is 38.2 Å². The summed E-state index contributed by atoms with van der Waals surface area (Å²) in [5, 5.41) is 10.4. The quantitative estimate of drug-likeness (QED) is 0.433. The number of anilines is 3. The monoisotopic (exact) mass is 451 g/mol. The Kier molecular flexibility index (Phi) is 6.60. The van der Waals surface area contributed by atoms with Gasteiger partial charge >= 0.3 is 0 Å². The van der Waals surface area contributed by atoms with Crippen LogP contribution in [-0.2, 0) is 0 Å². The molecule has 0 bridgehead atoms. The zero-order chi connectivity index (χ0) is 22.5. The maximum absolute atomic E-state index is 12.4. The molecule has 5 N–H and O–H groups in total. The Hall–Kier alpha value is -3.53. The van der Waals surface area contributed by atoms with E-state index in [1.54, 1.807) is 0 Å². The molecule has 0 atom stereocenters. The smallest absolute Gasteiger partial charge is 0.271 e. The van der Waals surface area contributed by atoms with E-state index < -0.39 is 5.91 Å². The van der Waals surface area contributed by atoms with Gasteiger partial charge in [-0.15, -0.1) is 0 Å². The first kappa shape index (κ1) is 21.7. The van der Waals surface area contributed by atoms with E-state index >= 15 is 0 Å². The normalized spacial score (nSPS) is 18.0. The molecule has 2 heterocycles. The van der Waals surface area contributed by atoms with Crippen molar-refractivity contribution in [3.63, 3.8) is 0 Å². The fourth-order valence-electron chi connectivity index (χ4n) is 3.71. The summed E-state index contributed by atoms with van der Waals surface area (Å²) in [6.45, 7) is 1.89. The van der Waals surface area contributed by atoms with Crippen molar-refractivity contribution in [3.05, 3.63) is 59.5 Å². The number of hydrogen-bond acceptors (Lipinski definition) is 8. The first-order chi connectivity index (χ1) is 15.5. The van der Waals surface area contributed by atoms with Crippen LogP contribution in [0.15, 0.2) is 42.6 Å². The zero-order valence-electron chi connectivity index (χ0n) is 17.7. The summed E-state index contributed by atoms with van der Waals surface area (Å²) in [5.41, 5.74) is 7.08. The molecule has 166 valence electrons. The van der Waals surface area contributed by atoms with Gasteiger partial charge in [0.2, 0.25) is 0 Å². The lowest BCUT2D eigenvalue weighted by molar-refractivity contribution is 0.0925. The van der Waals surface area contributed by atoms with Crippen molar-refractivity contribution in [1.29, 1.82) is 0 Å². The Labute approximate surface area is 190 Å². The molecule has 1 aromatic carbocycles. The molecule has 0 radical (unpaired) electrons. The molecule has 0 saturated heterocycles. The Bertz CT molecular complexity index is 1090. The summed E-state index contributed by atoms with van der Waals surface area (Å²) < 4.78 is 4.22. The molecule has 2 aromatic heterocycles. The van der Waals surface area contributed by atoms with Crippen LogP contribution in [0.3, 0.4) is 0 Å². The van der Waals surface area contributed by atoms with E-state index in [2.05, 4.69) is 30.3 Å². The number of carbonyl (C=O) groups excluding carboxylic acids is 2. The number of aryl methyl sites for hydroxylation is 1. The van der Waals surface area contributed by atoms with Crippen LogP contribution in [0, 0.1) is 6.92 Å². The second-order valence-corrected chi connectivity index (χ2v) is 8.61. The van der Waals surface area contributed by atoms with Gasteiger partial charge in [-0.3, -0.25) is 9.59 Å². The van der Waals surface area contributed by atoms with E-state index in [1.807, 2.05) is 43.3 Å². The predicted octanol–water partition coefficient (Wildman–Crippen LogP) is 3.24. The van der Waals surface area contributed by atoms with Crippen molar-refractivity contribution < 1.29 is 9.59 Å². The second-order valence-electron chi connectivity index (χ2n) is 7.81. The van der Waals surface area contributed by atoms with Gasteiger partial charge in [0.1, 0.15) is 10.8 Å². The fraction of sp³-hybridized carbons (Fsp3) is 0.318. The summed E-state index contributed by atoms with van der Waals surface area (Å²) in [7, 11) is 0. The summed E-state index contributed by atoms with van der Waals surface area (Å²) >= 11 is 1.27. The van der Waals surface area contributed by atoms with Gasteiger partial charge in [0.05, 0.1) is 11.9 Å². The number of nitrogens with one attached hydrogen (secondary N) is 3. The van der Waals surface area contributed by atoms with E-state index in [-0.39, 0.29) is 23.7 Å². The summed E-state index contributed by atoms with van der Waals surface area (Å²) in [6.07, 6.45) is 5.03. The number of benzene rings is 1. The molecule has 9 nitrogen and oxygen atoms in total. The van der Waals surface area contributed by atoms with Gasteiger partial charge in [0.15, 0.2) is 11.5 Å². The number of rotatable bonds is 7. The number of aromatic nitrogens is 3. The van der Waals surface area contributed by atoms with Crippen LogP contribution in [0.2, 0.25) is 0 Å². The van der Waals surface area contributed by atoms with Gasteiger partial charge in [-0.2, -0.15) is 4.37 Å². The average Bonchev–Trinajstić information content (AvgIpc) is 3.20. The Morgan fingerprint density at radius 3 is 2.47 bits per heavy atom. The van der Waals surface area contributed by atoms with Crippen LogP contribution >= 0.6 is 11.5 Å². The number of nitrogens with zero attached hydrogens (tertiary/aromatic N) is 3. The minimum absolute atomic E-state index is 0.0380. The summed E-state index contributed by atoms with van der Waals surface area (Å²) in [5.74, 6) is 0.178. The van der Waals surface area contributed by atoms with Gasteiger partial charge in [0.25, 0.3) is 11.8 Å². The molecule has 2 amide bonds. The lowest BCUT2D eigenvalue weighted by Gasteiger charge is -2.30. The standard InChI is InChI=1S/C22H25N7O2S/c1-13-11-18(32-29-13)28-21-19(20(23)30)24-12-17(27-21)25-15-7-9-16(10-8-15)26-22(31)14-5-3-2-4-6-14/h2-6,11-12,15-16H,7-10H2,1H3,(H2,23,30)(H,26,31)(H2,25,27,28)/t15-,16+. The van der Waals surface area contributed by atoms with Crippen LogP contribution in [0.4, 0.5) is 16.6 Å². The first-order valence-corrected chi connectivity index (χ1v) is 11.2. The third kappa shape index (κ3) is 5.38. The van der Waals surface area contributed by atoms with Gasteiger partial charge in [-0.05, 0) is 62.3 Å². The summed E-state index contributed by atoms with van der Waals surface area (Å²) in [6, 6.07) is 11.5. The van der Waals surface area contributed by atoms with Crippen molar-refractivity contribution in [1.82, 2.24) is 19.7 Å². The molecule has 10 heteroatoms. The number of nitrogens with two attached hydrogens (primary N) is 1. The Morgan fingerprint density at radius 2 is 1.81 bits per heavy atom. The molecule has 0 unspecified atom stereocenters. The van der Waals surface area contributed by atoms with E-state index in [0.29, 0.717) is 17.2 Å². The minimum atomic E-state index is -0.651. The molecule has 3 aromatic rings. The van der Waals surface area contributed by atoms with Crippen LogP contribution in [0.1, 0.15) is 52.2 Å². The molecule has 0 aliphatic heterocycles. The van der Waals surface area contributed by atoms with Gasteiger partial charge in [-0.1, -0.05) is 18.2 Å². The van der Waals surface area contributed by atoms with E-state index in [0.717, 1.165) is 36.4 Å². The van der Waals surface area contributed by atoms with E-state index in [1.165, 1.54) is 17.7 Å². The molecule has 1 saturated carbocycles. The largest absolute Gasteiger partial charge is 0.366 e. The Morgan fingerprint density at radius 1 is 1.09 bits per heavy atom. The van der Waals surface area contributed by atoms with Crippen molar-refractivity contribution in [2.24, 2.45) is 5.73 Å². The average molecular weight is 452 g/mol. The van der Waals surface area contributed by atoms with E-state index in [9.17, 15) is 9.59 Å². The zero-order valence-corrected chi connectivity index (χ0v) is 18.5. The highest BCUT2D eigenvalue weighted by Gasteiger charge is 2.23. The van der Waals surface area contributed by atoms with Crippen LogP contribution < -0.4 is 21.7 Å². The molecule has 1 fully saturated rings. The number of carbonyl (C=O) groups is 2. The second kappa shape index (κ2) is 9.73. The molecule has 32 heavy (non-hydrogen) atoms. The molecule has 1 aliphatic rings. The van der Waals surface area contributed by atoms with Gasteiger partial charge < -0.3 is 21.7 Å². The highest BCUT2D eigenvalue weighted by Crippen LogP contribution is 2.25. The number of amides is 2. The van der Waals surface area contributed by atoms with Crippen molar-refractivity contribution in [3.8, 4) is 0 Å². The van der Waals surface area contributed by atoms with Crippen molar-refractivity contribution in [2.75, 3.05) is 10.6 Å². The topological polar surface area (TPSA) is 135 Å². The van der Waals surface area contributed by atoms with Gasteiger partial charge in [-0.25, -0.2) is 9.97 Å². The van der Waals surface area contributed by atoms with Crippen molar-refractivity contribution >= 4 is 40.0 Å². The maximum Gasteiger partial charge on any atom is 0.271 e. The maximum atomic E-state index is 12.4. The summed E-state index contributed by atoms with van der Waals surface area (Å²) in [4.78, 5) is 32.8. The lowest BCUT2D eigenvalue weighted by Crippen LogP contribution is -2.40. The van der Waals surface area contributed by atoms with E-state index in [4.69, 9.17) is 5.73 Å². The lowest BCUT2D eigenvalue weighted by atomic mass is 9.91. The number of hydrogen-bond donors (Lipinski definition) is 4. The molecule has 1 aliphatic carbocycles. The van der Waals surface area contributed by atoms with Gasteiger partial charge in [0, 0.05) is 17.6 Å². The highest BCUT2D eigenvalue weighted by atomic mass is 32.1. The third-order valence-corrected chi connectivity index (χ3v) is 6.12. The molecule has 4 rings (SSSR count). The molecule has 0 spiro atoms. The SMILES string of the molecule is Cc1cc(Nc2nc(N[C@H]3CC[C@@H](NC(=O)c4ccccc4)CC3)cnc2C(N)=O)sn1. The molecular weight excluding hydrogens is 426 g/mol. The minimum Gasteiger partial charge on any atom is -0.366 e. The molecular formula is C22H25N7O2S. The van der Waals surface area contributed by atoms with Crippen molar-refractivity contribution in [2.45, 2.75) is 44.7 Å². The predicted molar refractivity (Wildman–Crippen MR) is 124 cm³/mol. The first-order valence-electron chi connectivity index (χ1n) is 10.5. The van der Waals surface area contributed by atoms with Crippen LogP contribution in [0.5, 0.6) is 0 Å². The van der Waals surface area contributed by atoms with Crippen LogP contribution in [0.25, 0.3) is 0 Å². The number of primary amides is 1. The third-order valence-electron chi connectivity index (χ3n) is 5.33. The Balaban J connectivity index is 1.36.